The predicted molar refractivity (Wildman–Crippen MR) is 115 cm³/mol. The highest BCUT2D eigenvalue weighted by atomic mass is 32.1. The van der Waals surface area contributed by atoms with Crippen LogP contribution in [0.15, 0.2) is 45.5 Å². The summed E-state index contributed by atoms with van der Waals surface area (Å²) >= 11 is 1.59. The van der Waals surface area contributed by atoms with Crippen LogP contribution in [-0.4, -0.2) is 48.3 Å². The lowest BCUT2D eigenvalue weighted by molar-refractivity contribution is -0.127. The molecule has 0 radical (unpaired) electrons. The summed E-state index contributed by atoms with van der Waals surface area (Å²) in [6.07, 6.45) is 5.20. The second-order valence-electron chi connectivity index (χ2n) is 7.03. The van der Waals surface area contributed by atoms with E-state index < -0.39 is 0 Å². The highest BCUT2D eigenvalue weighted by molar-refractivity contribution is 7.08. The fourth-order valence-corrected chi connectivity index (χ4v) is 4.14. The van der Waals surface area contributed by atoms with Gasteiger partial charge in [0.05, 0.1) is 20.1 Å². The first-order chi connectivity index (χ1) is 14.7. The molecule has 1 amide bonds. The average molecular weight is 426 g/mol. The monoisotopic (exact) mass is 425 g/mol. The third-order valence-corrected chi connectivity index (χ3v) is 5.80. The Morgan fingerprint density at radius 3 is 2.87 bits per heavy atom. The predicted octanol–water partition coefficient (Wildman–Crippen LogP) is 4.23. The number of piperidine rings is 1. The van der Waals surface area contributed by atoms with E-state index in [0.717, 1.165) is 30.5 Å². The Kier molecular flexibility index (Phi) is 6.13. The van der Waals surface area contributed by atoms with Gasteiger partial charge >= 0.3 is 0 Å². The number of likely N-dealkylation sites (tertiary alicyclic amines) is 1. The Bertz CT molecular complexity index is 1030. The highest BCUT2D eigenvalue weighted by Gasteiger charge is 2.27. The molecule has 3 aromatic rings. The molecule has 0 saturated carbocycles. The summed E-state index contributed by atoms with van der Waals surface area (Å²) in [5.74, 6) is 2.42. The standard InChI is InChI=1S/C22H23N3O4S/c1-27-18-7-5-15(12-19(18)28-2)6-8-20(26)25-10-3-4-16(13-25)21-23-24-22(29-21)17-9-11-30-14-17/h5-9,11-12,14,16H,3-4,10,13H2,1-2H3. The number of carbonyl (C=O) groups is 1. The Labute approximate surface area is 178 Å². The van der Waals surface area contributed by atoms with Gasteiger partial charge in [0.2, 0.25) is 17.7 Å². The number of carbonyl (C=O) groups excluding carboxylic acids is 1. The molecule has 1 aliphatic rings. The van der Waals surface area contributed by atoms with E-state index in [9.17, 15) is 4.79 Å². The number of thiophene rings is 1. The Morgan fingerprint density at radius 1 is 1.23 bits per heavy atom. The molecule has 0 N–H and O–H groups in total. The number of nitrogens with zero attached hydrogens (tertiary/aromatic N) is 3. The van der Waals surface area contributed by atoms with Crippen LogP contribution in [0, 0.1) is 0 Å². The molecule has 2 aromatic heterocycles. The molecule has 1 unspecified atom stereocenters. The molecule has 3 heterocycles. The van der Waals surface area contributed by atoms with Crippen LogP contribution in [0.2, 0.25) is 0 Å². The van der Waals surface area contributed by atoms with Crippen LogP contribution >= 0.6 is 11.3 Å². The minimum absolute atomic E-state index is 0.0351. The van der Waals surface area contributed by atoms with Gasteiger partial charge in [0, 0.05) is 30.1 Å². The van der Waals surface area contributed by atoms with E-state index in [-0.39, 0.29) is 11.8 Å². The van der Waals surface area contributed by atoms with Crippen molar-refractivity contribution in [3.63, 3.8) is 0 Å². The summed E-state index contributed by atoms with van der Waals surface area (Å²) in [6.45, 7) is 1.29. The summed E-state index contributed by atoms with van der Waals surface area (Å²) in [4.78, 5) is 14.6. The third kappa shape index (κ3) is 4.38. The van der Waals surface area contributed by atoms with E-state index in [0.29, 0.717) is 29.8 Å². The van der Waals surface area contributed by atoms with E-state index in [1.807, 2.05) is 39.9 Å². The maximum Gasteiger partial charge on any atom is 0.248 e. The number of aromatic nitrogens is 2. The first kappa shape index (κ1) is 20.2. The lowest BCUT2D eigenvalue weighted by Gasteiger charge is -2.30. The fraction of sp³-hybridized carbons (Fsp3) is 0.318. The van der Waals surface area contributed by atoms with Gasteiger partial charge in [-0.15, -0.1) is 10.2 Å². The molecule has 1 aliphatic heterocycles. The van der Waals surface area contributed by atoms with E-state index in [1.54, 1.807) is 37.7 Å². The second-order valence-corrected chi connectivity index (χ2v) is 7.81. The van der Waals surface area contributed by atoms with Gasteiger partial charge in [0.1, 0.15) is 0 Å². The van der Waals surface area contributed by atoms with Gasteiger partial charge in [-0.3, -0.25) is 4.79 Å². The summed E-state index contributed by atoms with van der Waals surface area (Å²) in [7, 11) is 3.18. The number of hydrogen-bond acceptors (Lipinski definition) is 7. The fourth-order valence-electron chi connectivity index (χ4n) is 3.51. The van der Waals surface area contributed by atoms with Crippen molar-refractivity contribution >= 4 is 23.3 Å². The zero-order chi connectivity index (χ0) is 20.9. The Morgan fingerprint density at radius 2 is 2.10 bits per heavy atom. The number of ether oxygens (including phenoxy) is 2. The number of amides is 1. The van der Waals surface area contributed by atoms with Crippen molar-refractivity contribution in [3.8, 4) is 23.0 Å². The second kappa shape index (κ2) is 9.13. The van der Waals surface area contributed by atoms with Crippen molar-refractivity contribution in [1.29, 1.82) is 0 Å². The first-order valence-corrected chi connectivity index (χ1v) is 10.7. The van der Waals surface area contributed by atoms with Gasteiger partial charge in [-0.05, 0) is 48.1 Å². The number of benzene rings is 1. The molecule has 7 nitrogen and oxygen atoms in total. The third-order valence-electron chi connectivity index (χ3n) is 5.12. The normalized spacial score (nSPS) is 16.7. The van der Waals surface area contributed by atoms with E-state index in [4.69, 9.17) is 13.9 Å². The minimum Gasteiger partial charge on any atom is -0.493 e. The van der Waals surface area contributed by atoms with Crippen molar-refractivity contribution < 1.29 is 18.7 Å². The molecule has 1 fully saturated rings. The van der Waals surface area contributed by atoms with Crippen molar-refractivity contribution in [2.75, 3.05) is 27.3 Å². The summed E-state index contributed by atoms with van der Waals surface area (Å²) in [5.41, 5.74) is 1.80. The molecule has 156 valence electrons. The minimum atomic E-state index is -0.0351. The van der Waals surface area contributed by atoms with Gasteiger partial charge < -0.3 is 18.8 Å². The van der Waals surface area contributed by atoms with Crippen LogP contribution in [0.1, 0.15) is 30.2 Å². The molecule has 8 heteroatoms. The summed E-state index contributed by atoms with van der Waals surface area (Å²) in [6, 6.07) is 7.50. The summed E-state index contributed by atoms with van der Waals surface area (Å²) in [5, 5.41) is 12.3. The molecule has 30 heavy (non-hydrogen) atoms. The highest BCUT2D eigenvalue weighted by Crippen LogP contribution is 2.30. The lowest BCUT2D eigenvalue weighted by atomic mass is 9.98. The summed E-state index contributed by atoms with van der Waals surface area (Å²) < 4.78 is 16.4. The van der Waals surface area contributed by atoms with Crippen LogP contribution in [0.4, 0.5) is 0 Å². The molecule has 1 saturated heterocycles. The van der Waals surface area contributed by atoms with Crippen molar-refractivity contribution in [3.05, 3.63) is 52.6 Å². The SMILES string of the molecule is COc1ccc(C=CC(=O)N2CCCC(c3nnc(-c4ccsc4)o3)C2)cc1OC. The van der Waals surface area contributed by atoms with Gasteiger partial charge in [0.15, 0.2) is 11.5 Å². The number of rotatable bonds is 6. The molecular weight excluding hydrogens is 402 g/mol. The molecule has 1 aromatic carbocycles. The lowest BCUT2D eigenvalue weighted by Crippen LogP contribution is -2.38. The van der Waals surface area contributed by atoms with Crippen LogP contribution in [0.25, 0.3) is 17.5 Å². The molecule has 1 atom stereocenters. The van der Waals surface area contributed by atoms with Crippen molar-refractivity contribution in [2.24, 2.45) is 0 Å². The maximum atomic E-state index is 12.7. The quantitative estimate of drug-likeness (QED) is 0.550. The van der Waals surface area contributed by atoms with Gasteiger partial charge in [-0.25, -0.2) is 0 Å². The van der Waals surface area contributed by atoms with Crippen molar-refractivity contribution in [1.82, 2.24) is 15.1 Å². The molecule has 4 rings (SSSR count). The molecule has 0 spiro atoms. The maximum absolute atomic E-state index is 12.7. The molecular formula is C22H23N3O4S. The van der Waals surface area contributed by atoms with Crippen LogP contribution in [-0.2, 0) is 4.79 Å². The Balaban J connectivity index is 1.42. The topological polar surface area (TPSA) is 77.7 Å². The van der Waals surface area contributed by atoms with E-state index >= 15 is 0 Å². The van der Waals surface area contributed by atoms with Crippen LogP contribution in [0.5, 0.6) is 11.5 Å². The molecule has 0 aliphatic carbocycles. The average Bonchev–Trinajstić information content (AvgIpc) is 3.49. The van der Waals surface area contributed by atoms with Crippen LogP contribution in [0.3, 0.4) is 0 Å². The van der Waals surface area contributed by atoms with Gasteiger partial charge in [-0.2, -0.15) is 11.3 Å². The Hall–Kier alpha value is -3.13. The van der Waals surface area contributed by atoms with Crippen molar-refractivity contribution in [2.45, 2.75) is 18.8 Å². The molecule has 0 bridgehead atoms. The number of hydrogen-bond donors (Lipinski definition) is 0. The smallest absolute Gasteiger partial charge is 0.248 e. The van der Waals surface area contributed by atoms with E-state index in [2.05, 4.69) is 10.2 Å². The first-order valence-electron chi connectivity index (χ1n) is 9.73. The van der Waals surface area contributed by atoms with Gasteiger partial charge in [0.25, 0.3) is 0 Å². The van der Waals surface area contributed by atoms with E-state index in [1.165, 1.54) is 0 Å². The largest absolute Gasteiger partial charge is 0.493 e. The number of methoxy groups -OCH3 is 2. The van der Waals surface area contributed by atoms with Gasteiger partial charge in [-0.1, -0.05) is 6.07 Å². The zero-order valence-corrected chi connectivity index (χ0v) is 17.7. The zero-order valence-electron chi connectivity index (χ0n) is 16.9. The van der Waals surface area contributed by atoms with Crippen LogP contribution < -0.4 is 9.47 Å².